The number of halogens is 1. The van der Waals surface area contributed by atoms with E-state index >= 15 is 0 Å². The van der Waals surface area contributed by atoms with Gasteiger partial charge in [-0.1, -0.05) is 44.2 Å². The lowest BCUT2D eigenvalue weighted by atomic mass is 9.86. The molecule has 0 bridgehead atoms. The molecule has 1 heterocycles. The molecule has 1 aliphatic carbocycles. The first kappa shape index (κ1) is 19.3. The molecule has 1 unspecified atom stereocenters. The number of carbonyl (C=O) groups is 1. The van der Waals surface area contributed by atoms with Crippen LogP contribution >= 0.6 is 12.4 Å². The summed E-state index contributed by atoms with van der Waals surface area (Å²) in [6, 6.07) is 10.9. The third-order valence-electron chi connectivity index (χ3n) is 5.29. The first-order valence-corrected chi connectivity index (χ1v) is 9.22. The Bertz CT molecular complexity index is 508. The van der Waals surface area contributed by atoms with Gasteiger partial charge in [0.05, 0.1) is 5.92 Å². The van der Waals surface area contributed by atoms with Crippen molar-refractivity contribution < 1.29 is 4.79 Å². The van der Waals surface area contributed by atoms with Crippen molar-refractivity contribution in [3.05, 3.63) is 35.9 Å². The number of carbonyl (C=O) groups excluding carboxylic acids is 1. The number of amides is 1. The maximum Gasteiger partial charge on any atom is 0.230 e. The standard InChI is InChI=1S/C20H30N2O.ClH/c1-15(2)19(17-6-4-3-5-7-17)20(23)22-12-10-18(11-13-22)21-14-16-8-9-16;/h3-7,15-16,18-19,21H,8-14H2,1-2H3;1H. The molecule has 3 nitrogen and oxygen atoms in total. The largest absolute Gasteiger partial charge is 0.342 e. The fraction of sp³-hybridized carbons (Fsp3) is 0.650. The predicted molar refractivity (Wildman–Crippen MR) is 102 cm³/mol. The van der Waals surface area contributed by atoms with Crippen LogP contribution in [0.1, 0.15) is 51.0 Å². The molecular weight excluding hydrogens is 320 g/mol. The van der Waals surface area contributed by atoms with Gasteiger partial charge in [0.25, 0.3) is 0 Å². The summed E-state index contributed by atoms with van der Waals surface area (Å²) in [7, 11) is 0. The van der Waals surface area contributed by atoms with E-state index in [1.165, 1.54) is 19.4 Å². The minimum absolute atomic E-state index is 0. The molecule has 4 heteroatoms. The van der Waals surface area contributed by atoms with Crippen molar-refractivity contribution in [2.75, 3.05) is 19.6 Å². The van der Waals surface area contributed by atoms with E-state index in [-0.39, 0.29) is 18.3 Å². The topological polar surface area (TPSA) is 32.3 Å². The molecule has 1 saturated carbocycles. The summed E-state index contributed by atoms with van der Waals surface area (Å²) in [5.41, 5.74) is 1.15. The monoisotopic (exact) mass is 350 g/mol. The number of likely N-dealkylation sites (tertiary alicyclic amines) is 1. The minimum Gasteiger partial charge on any atom is -0.342 e. The fourth-order valence-electron chi connectivity index (χ4n) is 3.63. The van der Waals surface area contributed by atoms with E-state index in [9.17, 15) is 4.79 Å². The van der Waals surface area contributed by atoms with Gasteiger partial charge >= 0.3 is 0 Å². The quantitative estimate of drug-likeness (QED) is 0.845. The number of hydrogen-bond donors (Lipinski definition) is 1. The number of benzene rings is 1. The van der Waals surface area contributed by atoms with Crippen LogP contribution in [0.4, 0.5) is 0 Å². The van der Waals surface area contributed by atoms with Crippen molar-refractivity contribution >= 4 is 18.3 Å². The van der Waals surface area contributed by atoms with Gasteiger partial charge in [0.2, 0.25) is 5.91 Å². The molecule has 1 N–H and O–H groups in total. The highest BCUT2D eigenvalue weighted by Crippen LogP contribution is 2.29. The first-order valence-electron chi connectivity index (χ1n) is 9.22. The van der Waals surface area contributed by atoms with E-state index < -0.39 is 0 Å². The summed E-state index contributed by atoms with van der Waals surface area (Å²) >= 11 is 0. The summed E-state index contributed by atoms with van der Waals surface area (Å²) in [6.45, 7) is 7.28. The zero-order valence-electron chi connectivity index (χ0n) is 14.9. The zero-order chi connectivity index (χ0) is 16.2. The molecule has 24 heavy (non-hydrogen) atoms. The molecule has 1 aromatic rings. The van der Waals surface area contributed by atoms with Crippen LogP contribution in [0.15, 0.2) is 30.3 Å². The molecule has 1 aromatic carbocycles. The number of nitrogens with zero attached hydrogens (tertiary/aromatic N) is 1. The van der Waals surface area contributed by atoms with Gasteiger partial charge in [0.1, 0.15) is 0 Å². The van der Waals surface area contributed by atoms with Crippen LogP contribution in [-0.2, 0) is 4.79 Å². The Morgan fingerprint density at radius 2 is 1.75 bits per heavy atom. The summed E-state index contributed by atoms with van der Waals surface area (Å²) < 4.78 is 0. The maximum atomic E-state index is 13.0. The lowest BCUT2D eigenvalue weighted by Gasteiger charge is -2.35. The van der Waals surface area contributed by atoms with Gasteiger partial charge in [0.15, 0.2) is 0 Å². The Morgan fingerprint density at radius 3 is 2.29 bits per heavy atom. The summed E-state index contributed by atoms with van der Waals surface area (Å²) in [4.78, 5) is 15.1. The average Bonchev–Trinajstić information content (AvgIpc) is 3.38. The molecule has 2 aliphatic rings. The average molecular weight is 351 g/mol. The van der Waals surface area contributed by atoms with Gasteiger partial charge < -0.3 is 10.2 Å². The van der Waals surface area contributed by atoms with Gasteiger partial charge in [-0.15, -0.1) is 12.4 Å². The van der Waals surface area contributed by atoms with E-state index in [1.54, 1.807) is 0 Å². The van der Waals surface area contributed by atoms with Gasteiger partial charge in [-0.3, -0.25) is 4.79 Å². The van der Waals surface area contributed by atoms with Gasteiger partial charge in [0, 0.05) is 19.1 Å². The van der Waals surface area contributed by atoms with E-state index in [4.69, 9.17) is 0 Å². The highest BCUT2D eigenvalue weighted by atomic mass is 35.5. The lowest BCUT2D eigenvalue weighted by molar-refractivity contribution is -0.135. The second kappa shape index (κ2) is 8.87. The zero-order valence-corrected chi connectivity index (χ0v) is 15.7. The van der Waals surface area contributed by atoms with E-state index in [1.807, 2.05) is 18.2 Å². The molecule has 0 radical (unpaired) electrons. The molecule has 134 valence electrons. The molecule has 1 amide bonds. The summed E-state index contributed by atoms with van der Waals surface area (Å²) in [5, 5.41) is 3.69. The van der Waals surface area contributed by atoms with E-state index in [0.29, 0.717) is 17.9 Å². The molecule has 1 atom stereocenters. The molecule has 0 spiro atoms. The molecule has 0 aromatic heterocycles. The highest BCUT2D eigenvalue weighted by Gasteiger charge is 2.31. The second-order valence-electron chi connectivity index (χ2n) is 7.58. The molecule has 3 rings (SSSR count). The van der Waals surface area contributed by atoms with Crippen molar-refractivity contribution in [3.8, 4) is 0 Å². The molecule has 1 saturated heterocycles. The Balaban J connectivity index is 0.00000208. The smallest absolute Gasteiger partial charge is 0.230 e. The van der Waals surface area contributed by atoms with E-state index in [0.717, 1.165) is 37.4 Å². The fourth-order valence-corrected chi connectivity index (χ4v) is 3.63. The Hall–Kier alpha value is -1.06. The number of hydrogen-bond acceptors (Lipinski definition) is 2. The van der Waals surface area contributed by atoms with Crippen LogP contribution < -0.4 is 5.32 Å². The number of piperidine rings is 1. The van der Waals surface area contributed by atoms with Crippen LogP contribution in [0, 0.1) is 11.8 Å². The van der Waals surface area contributed by atoms with Crippen LogP contribution in [0.5, 0.6) is 0 Å². The normalized spacial score (nSPS) is 19.9. The van der Waals surface area contributed by atoms with Crippen molar-refractivity contribution in [3.63, 3.8) is 0 Å². The maximum absolute atomic E-state index is 13.0. The Labute approximate surface area is 152 Å². The van der Waals surface area contributed by atoms with Crippen molar-refractivity contribution in [2.24, 2.45) is 11.8 Å². The molecule has 2 fully saturated rings. The second-order valence-corrected chi connectivity index (χ2v) is 7.58. The summed E-state index contributed by atoms with van der Waals surface area (Å²) in [6.07, 6.45) is 4.99. The Kier molecular flexibility index (Phi) is 7.12. The number of nitrogens with one attached hydrogen (secondary N) is 1. The summed E-state index contributed by atoms with van der Waals surface area (Å²) in [5.74, 6) is 1.56. The Morgan fingerprint density at radius 1 is 1.12 bits per heavy atom. The third-order valence-corrected chi connectivity index (χ3v) is 5.29. The van der Waals surface area contributed by atoms with E-state index in [2.05, 4.69) is 36.2 Å². The van der Waals surface area contributed by atoms with Gasteiger partial charge in [-0.05, 0) is 49.6 Å². The first-order chi connectivity index (χ1) is 11.1. The lowest BCUT2D eigenvalue weighted by Crippen LogP contribution is -2.47. The molecule has 1 aliphatic heterocycles. The van der Waals surface area contributed by atoms with Crippen LogP contribution in [0.25, 0.3) is 0 Å². The van der Waals surface area contributed by atoms with Crippen LogP contribution in [0.2, 0.25) is 0 Å². The highest BCUT2D eigenvalue weighted by molar-refractivity contribution is 5.85. The predicted octanol–water partition coefficient (Wildman–Crippen LogP) is 3.84. The van der Waals surface area contributed by atoms with Gasteiger partial charge in [-0.25, -0.2) is 0 Å². The van der Waals surface area contributed by atoms with Crippen LogP contribution in [0.3, 0.4) is 0 Å². The van der Waals surface area contributed by atoms with Crippen molar-refractivity contribution in [1.29, 1.82) is 0 Å². The SMILES string of the molecule is CC(C)C(C(=O)N1CCC(NCC2CC2)CC1)c1ccccc1.Cl. The number of rotatable bonds is 6. The van der Waals surface area contributed by atoms with Crippen molar-refractivity contribution in [1.82, 2.24) is 10.2 Å². The minimum atomic E-state index is -0.00725. The molecular formula is C20H31ClN2O. The van der Waals surface area contributed by atoms with Gasteiger partial charge in [-0.2, -0.15) is 0 Å². The third kappa shape index (κ3) is 4.97. The van der Waals surface area contributed by atoms with Crippen molar-refractivity contribution in [2.45, 2.75) is 51.5 Å². The van der Waals surface area contributed by atoms with Crippen LogP contribution in [-0.4, -0.2) is 36.5 Å².